The van der Waals surface area contributed by atoms with E-state index in [1.165, 1.54) is 11.3 Å². The van der Waals surface area contributed by atoms with Gasteiger partial charge in [0.2, 0.25) is 0 Å². The molecule has 0 saturated heterocycles. The molecule has 4 nitrogen and oxygen atoms in total. The van der Waals surface area contributed by atoms with Gasteiger partial charge in [0.05, 0.1) is 5.69 Å². The van der Waals surface area contributed by atoms with Crippen LogP contribution in [0.2, 0.25) is 0 Å². The maximum Gasteiger partial charge on any atom is 0.265 e. The van der Waals surface area contributed by atoms with Crippen LogP contribution in [-0.2, 0) is 0 Å². The Morgan fingerprint density at radius 1 is 1.50 bits per heavy atom. The molecule has 0 aliphatic rings. The predicted octanol–water partition coefficient (Wildman–Crippen LogP) is 2.93. The number of nitrogen functional groups attached to an aromatic ring is 1. The third-order valence-electron chi connectivity index (χ3n) is 3.20. The van der Waals surface area contributed by atoms with E-state index >= 15 is 0 Å². The summed E-state index contributed by atoms with van der Waals surface area (Å²) in [7, 11) is 1.81. The summed E-state index contributed by atoms with van der Waals surface area (Å²) in [6, 6.07) is 2.00. The van der Waals surface area contributed by atoms with Crippen molar-refractivity contribution in [2.24, 2.45) is 0 Å². The molecule has 2 rings (SSSR count). The Morgan fingerprint density at radius 2 is 2.20 bits per heavy atom. The number of nitrogens with two attached hydrogens (primary N) is 1. The van der Waals surface area contributed by atoms with Crippen LogP contribution in [0, 0.1) is 13.8 Å². The van der Waals surface area contributed by atoms with Gasteiger partial charge in [-0.15, -0.1) is 11.3 Å². The number of rotatable bonds is 4. The first-order valence-electron chi connectivity index (χ1n) is 6.36. The Balaban J connectivity index is 2.43. The van der Waals surface area contributed by atoms with Gasteiger partial charge >= 0.3 is 0 Å². The SMILES string of the molecule is CSCCN(C)C(=O)c1sc2nc(C)cc(C)c2c1N. The Hall–Kier alpha value is -1.27. The minimum atomic E-state index is -0.0170. The molecule has 2 aromatic heterocycles. The van der Waals surface area contributed by atoms with Gasteiger partial charge in [-0.25, -0.2) is 4.98 Å². The van der Waals surface area contributed by atoms with Gasteiger partial charge in [0.1, 0.15) is 9.71 Å². The quantitative estimate of drug-likeness (QED) is 0.943. The molecule has 6 heteroatoms. The van der Waals surface area contributed by atoms with Crippen molar-refractivity contribution in [1.82, 2.24) is 9.88 Å². The number of hydrogen-bond donors (Lipinski definition) is 1. The predicted molar refractivity (Wildman–Crippen MR) is 88.8 cm³/mol. The zero-order valence-corrected chi connectivity index (χ0v) is 13.8. The highest BCUT2D eigenvalue weighted by Crippen LogP contribution is 2.35. The van der Waals surface area contributed by atoms with Crippen LogP contribution < -0.4 is 5.73 Å². The molecule has 2 heterocycles. The smallest absolute Gasteiger partial charge is 0.265 e. The Bertz CT molecular complexity index is 651. The largest absolute Gasteiger partial charge is 0.397 e. The molecule has 2 aromatic rings. The van der Waals surface area contributed by atoms with Gasteiger partial charge in [0.15, 0.2) is 0 Å². The van der Waals surface area contributed by atoms with Crippen LogP contribution >= 0.6 is 23.1 Å². The van der Waals surface area contributed by atoms with E-state index in [1.54, 1.807) is 16.7 Å². The number of pyridine rings is 1. The number of thioether (sulfide) groups is 1. The van der Waals surface area contributed by atoms with Crippen molar-refractivity contribution < 1.29 is 4.79 Å². The maximum atomic E-state index is 12.5. The molecule has 2 N–H and O–H groups in total. The van der Waals surface area contributed by atoms with Gasteiger partial charge in [0, 0.05) is 30.4 Å². The first-order chi connectivity index (χ1) is 9.45. The summed E-state index contributed by atoms with van der Waals surface area (Å²) in [5.74, 6) is 0.903. The molecular formula is C14H19N3OS2. The van der Waals surface area contributed by atoms with E-state index in [-0.39, 0.29) is 5.91 Å². The number of thiophene rings is 1. The van der Waals surface area contributed by atoms with E-state index in [2.05, 4.69) is 4.98 Å². The highest BCUT2D eigenvalue weighted by molar-refractivity contribution is 7.98. The summed E-state index contributed by atoms with van der Waals surface area (Å²) in [5, 5.41) is 0.919. The number of aromatic nitrogens is 1. The van der Waals surface area contributed by atoms with Gasteiger partial charge in [-0.05, 0) is 31.7 Å². The van der Waals surface area contributed by atoms with Crippen LogP contribution in [0.4, 0.5) is 5.69 Å². The summed E-state index contributed by atoms with van der Waals surface area (Å²) in [5.41, 5.74) is 8.77. The normalized spacial score (nSPS) is 11.0. The van der Waals surface area contributed by atoms with Crippen molar-refractivity contribution in [3.05, 3.63) is 22.2 Å². The van der Waals surface area contributed by atoms with Crippen molar-refractivity contribution in [2.75, 3.05) is 31.3 Å². The molecule has 0 radical (unpaired) electrons. The van der Waals surface area contributed by atoms with Crippen LogP contribution in [0.15, 0.2) is 6.07 Å². The number of hydrogen-bond acceptors (Lipinski definition) is 5. The first kappa shape index (κ1) is 15.1. The minimum absolute atomic E-state index is 0.0170. The summed E-state index contributed by atoms with van der Waals surface area (Å²) in [4.78, 5) is 20.1. The molecule has 20 heavy (non-hydrogen) atoms. The Kier molecular flexibility index (Phi) is 4.55. The lowest BCUT2D eigenvalue weighted by atomic mass is 10.1. The van der Waals surface area contributed by atoms with E-state index in [4.69, 9.17) is 5.73 Å². The summed E-state index contributed by atoms with van der Waals surface area (Å²) in [6.07, 6.45) is 2.03. The third-order valence-corrected chi connectivity index (χ3v) is 4.87. The van der Waals surface area contributed by atoms with Crippen molar-refractivity contribution in [2.45, 2.75) is 13.8 Å². The fraction of sp³-hybridized carbons (Fsp3) is 0.429. The summed E-state index contributed by atoms with van der Waals surface area (Å²) < 4.78 is 0. The molecule has 108 valence electrons. The first-order valence-corrected chi connectivity index (χ1v) is 8.57. The molecule has 1 amide bonds. The molecule has 0 bridgehead atoms. The van der Waals surface area contributed by atoms with Gasteiger partial charge in [-0.1, -0.05) is 0 Å². The zero-order valence-electron chi connectivity index (χ0n) is 12.2. The molecule has 0 aliphatic carbocycles. The average molecular weight is 309 g/mol. The van der Waals surface area contributed by atoms with Crippen LogP contribution in [0.3, 0.4) is 0 Å². The molecule has 0 aliphatic heterocycles. The number of fused-ring (bicyclic) bond motifs is 1. The van der Waals surface area contributed by atoms with Crippen LogP contribution in [0.1, 0.15) is 20.9 Å². The summed E-state index contributed by atoms with van der Waals surface area (Å²) in [6.45, 7) is 4.68. The minimum Gasteiger partial charge on any atom is -0.397 e. The Morgan fingerprint density at radius 3 is 2.85 bits per heavy atom. The molecule has 0 aromatic carbocycles. The molecule has 0 saturated carbocycles. The van der Waals surface area contributed by atoms with Crippen molar-refractivity contribution in [1.29, 1.82) is 0 Å². The number of aryl methyl sites for hydroxylation is 2. The highest BCUT2D eigenvalue weighted by atomic mass is 32.2. The lowest BCUT2D eigenvalue weighted by molar-refractivity contribution is 0.0809. The summed E-state index contributed by atoms with van der Waals surface area (Å²) >= 11 is 3.11. The third kappa shape index (κ3) is 2.76. The topological polar surface area (TPSA) is 59.2 Å². The molecule has 0 fully saturated rings. The fourth-order valence-electron chi connectivity index (χ4n) is 2.13. The maximum absolute atomic E-state index is 12.5. The van der Waals surface area contributed by atoms with Gasteiger partial charge < -0.3 is 10.6 Å². The van der Waals surface area contributed by atoms with E-state index < -0.39 is 0 Å². The molecule has 0 atom stereocenters. The second-order valence-electron chi connectivity index (χ2n) is 4.83. The monoisotopic (exact) mass is 309 g/mol. The molecule has 0 unspecified atom stereocenters. The second-order valence-corrected chi connectivity index (χ2v) is 6.81. The number of nitrogens with zero attached hydrogens (tertiary/aromatic N) is 2. The van der Waals surface area contributed by atoms with E-state index in [1.807, 2.05) is 33.2 Å². The van der Waals surface area contributed by atoms with Crippen LogP contribution in [0.25, 0.3) is 10.2 Å². The number of anilines is 1. The second kappa shape index (κ2) is 6.01. The van der Waals surface area contributed by atoms with Gasteiger partial charge in [0.25, 0.3) is 5.91 Å². The van der Waals surface area contributed by atoms with Gasteiger partial charge in [-0.3, -0.25) is 4.79 Å². The fourth-order valence-corrected chi connectivity index (χ4v) is 3.80. The number of carbonyl (C=O) groups excluding carboxylic acids is 1. The zero-order chi connectivity index (χ0) is 14.9. The number of amides is 1. The Labute approximate surface area is 127 Å². The van der Waals surface area contributed by atoms with E-state index in [9.17, 15) is 4.79 Å². The van der Waals surface area contributed by atoms with E-state index in [0.717, 1.165) is 33.8 Å². The van der Waals surface area contributed by atoms with Crippen molar-refractivity contribution in [3.8, 4) is 0 Å². The standard InChI is InChI=1S/C14H19N3OS2/c1-8-7-9(2)16-13-10(8)11(15)12(20-13)14(18)17(3)5-6-19-4/h7H,5-6,15H2,1-4H3. The van der Waals surface area contributed by atoms with Crippen LogP contribution in [-0.4, -0.2) is 41.4 Å². The molecule has 0 spiro atoms. The number of carbonyl (C=O) groups is 1. The lowest BCUT2D eigenvalue weighted by Gasteiger charge is -2.15. The van der Waals surface area contributed by atoms with Crippen molar-refractivity contribution in [3.63, 3.8) is 0 Å². The lowest BCUT2D eigenvalue weighted by Crippen LogP contribution is -2.28. The van der Waals surface area contributed by atoms with Crippen LogP contribution in [0.5, 0.6) is 0 Å². The average Bonchev–Trinajstić information content (AvgIpc) is 2.72. The molecular weight excluding hydrogens is 290 g/mol. The highest BCUT2D eigenvalue weighted by Gasteiger charge is 2.21. The van der Waals surface area contributed by atoms with Crippen molar-refractivity contribution >= 4 is 44.9 Å². The van der Waals surface area contributed by atoms with E-state index in [0.29, 0.717) is 10.6 Å². The van der Waals surface area contributed by atoms with Gasteiger partial charge in [-0.2, -0.15) is 11.8 Å².